The van der Waals surface area contributed by atoms with Gasteiger partial charge in [0.25, 0.3) is 0 Å². The number of anilines is 1. The van der Waals surface area contributed by atoms with Gasteiger partial charge in [-0.2, -0.15) is 4.31 Å². The van der Waals surface area contributed by atoms with E-state index in [4.69, 9.17) is 5.73 Å². The van der Waals surface area contributed by atoms with E-state index in [-0.39, 0.29) is 4.90 Å². The van der Waals surface area contributed by atoms with Crippen molar-refractivity contribution in [1.29, 1.82) is 0 Å². The Morgan fingerprint density at radius 3 is 2.67 bits per heavy atom. The quantitative estimate of drug-likeness (QED) is 0.835. The average Bonchev–Trinajstić information content (AvgIpc) is 2.54. The fourth-order valence-electron chi connectivity index (χ4n) is 2.33. The van der Waals surface area contributed by atoms with E-state index < -0.39 is 10.0 Å². The lowest BCUT2D eigenvalue weighted by Crippen LogP contribution is -2.32. The van der Waals surface area contributed by atoms with Crippen molar-refractivity contribution in [2.24, 2.45) is 5.92 Å². The Hall–Kier alpha value is -1.07. The Bertz CT molecular complexity index is 513. The van der Waals surface area contributed by atoms with Gasteiger partial charge >= 0.3 is 0 Å². The van der Waals surface area contributed by atoms with Crippen LogP contribution in [0.25, 0.3) is 0 Å². The molecule has 1 aliphatic rings. The van der Waals surface area contributed by atoms with Crippen LogP contribution in [-0.2, 0) is 10.0 Å². The third-order valence-corrected chi connectivity index (χ3v) is 5.49. The van der Waals surface area contributed by atoms with E-state index >= 15 is 0 Å². The lowest BCUT2D eigenvalue weighted by molar-refractivity contribution is 0.417. The van der Waals surface area contributed by atoms with Gasteiger partial charge in [-0.05, 0) is 37.3 Å². The predicted molar refractivity (Wildman–Crippen MR) is 72.6 cm³/mol. The first-order valence-electron chi connectivity index (χ1n) is 6.36. The van der Waals surface area contributed by atoms with Crippen molar-refractivity contribution in [3.63, 3.8) is 0 Å². The molecule has 100 valence electrons. The smallest absolute Gasteiger partial charge is 0.245 e. The summed E-state index contributed by atoms with van der Waals surface area (Å²) in [6.45, 7) is 3.37. The van der Waals surface area contributed by atoms with Gasteiger partial charge in [0.1, 0.15) is 4.90 Å². The summed E-state index contributed by atoms with van der Waals surface area (Å²) in [6, 6.07) is 6.68. The monoisotopic (exact) mass is 268 g/mol. The maximum absolute atomic E-state index is 12.5. The molecule has 1 aromatic rings. The summed E-state index contributed by atoms with van der Waals surface area (Å²) < 4.78 is 26.6. The van der Waals surface area contributed by atoms with Crippen LogP contribution in [0, 0.1) is 5.92 Å². The molecule has 1 fully saturated rings. The summed E-state index contributed by atoms with van der Waals surface area (Å²) in [4.78, 5) is 0.236. The zero-order valence-electron chi connectivity index (χ0n) is 10.7. The number of rotatable bonds is 2. The molecular weight excluding hydrogens is 248 g/mol. The highest BCUT2D eigenvalue weighted by molar-refractivity contribution is 7.89. The molecule has 0 bridgehead atoms. The number of sulfonamides is 1. The summed E-state index contributed by atoms with van der Waals surface area (Å²) >= 11 is 0. The molecule has 1 aliphatic heterocycles. The van der Waals surface area contributed by atoms with Gasteiger partial charge in [-0.1, -0.05) is 19.1 Å². The lowest BCUT2D eigenvalue weighted by atomic mass is 10.0. The summed E-state index contributed by atoms with van der Waals surface area (Å²) in [7, 11) is -3.43. The summed E-state index contributed by atoms with van der Waals surface area (Å²) in [5.41, 5.74) is 6.10. The first-order valence-corrected chi connectivity index (χ1v) is 7.80. The minimum atomic E-state index is -3.43. The first kappa shape index (κ1) is 13.4. The minimum Gasteiger partial charge on any atom is -0.398 e. The second-order valence-electron chi connectivity index (χ2n) is 4.98. The highest BCUT2D eigenvalue weighted by Gasteiger charge is 2.27. The van der Waals surface area contributed by atoms with E-state index in [0.29, 0.717) is 24.7 Å². The first-order chi connectivity index (χ1) is 8.51. The van der Waals surface area contributed by atoms with Gasteiger partial charge in [-0.25, -0.2) is 8.42 Å². The van der Waals surface area contributed by atoms with Crippen molar-refractivity contribution in [1.82, 2.24) is 4.31 Å². The van der Waals surface area contributed by atoms with E-state index in [1.54, 1.807) is 28.6 Å². The van der Waals surface area contributed by atoms with Crippen molar-refractivity contribution >= 4 is 15.7 Å². The van der Waals surface area contributed by atoms with Crippen LogP contribution in [0.1, 0.15) is 26.2 Å². The van der Waals surface area contributed by atoms with Crippen molar-refractivity contribution in [2.75, 3.05) is 18.8 Å². The molecule has 0 aliphatic carbocycles. The molecular formula is C13H20N2O2S. The fourth-order valence-corrected chi connectivity index (χ4v) is 3.94. The Labute approximate surface area is 109 Å². The van der Waals surface area contributed by atoms with E-state index in [1.807, 2.05) is 0 Å². The Kier molecular flexibility index (Phi) is 3.92. The molecule has 5 heteroatoms. The van der Waals surface area contributed by atoms with Crippen LogP contribution in [0.15, 0.2) is 29.2 Å². The van der Waals surface area contributed by atoms with Crippen LogP contribution in [0.2, 0.25) is 0 Å². The highest BCUT2D eigenvalue weighted by Crippen LogP contribution is 2.25. The van der Waals surface area contributed by atoms with Crippen molar-refractivity contribution < 1.29 is 8.42 Å². The van der Waals surface area contributed by atoms with E-state index in [2.05, 4.69) is 6.92 Å². The number of benzene rings is 1. The molecule has 0 saturated carbocycles. The van der Waals surface area contributed by atoms with Crippen LogP contribution in [0.4, 0.5) is 5.69 Å². The van der Waals surface area contributed by atoms with E-state index in [0.717, 1.165) is 19.3 Å². The Morgan fingerprint density at radius 1 is 1.22 bits per heavy atom. The number of nitrogens with two attached hydrogens (primary N) is 1. The molecule has 1 aromatic carbocycles. The molecule has 0 spiro atoms. The molecule has 0 radical (unpaired) electrons. The number of nitrogen functional groups attached to an aromatic ring is 1. The van der Waals surface area contributed by atoms with Crippen molar-refractivity contribution in [3.8, 4) is 0 Å². The molecule has 18 heavy (non-hydrogen) atoms. The second-order valence-corrected chi connectivity index (χ2v) is 6.88. The second kappa shape index (κ2) is 5.28. The fraction of sp³-hybridized carbons (Fsp3) is 0.538. The normalized spacial score (nSPS) is 22.6. The van der Waals surface area contributed by atoms with Gasteiger partial charge in [-0.3, -0.25) is 0 Å². The minimum absolute atomic E-state index is 0.236. The van der Waals surface area contributed by atoms with Gasteiger partial charge in [-0.15, -0.1) is 0 Å². The average molecular weight is 268 g/mol. The van der Waals surface area contributed by atoms with Crippen LogP contribution < -0.4 is 5.73 Å². The van der Waals surface area contributed by atoms with Crippen LogP contribution in [0.3, 0.4) is 0 Å². The van der Waals surface area contributed by atoms with Gasteiger partial charge < -0.3 is 5.73 Å². The van der Waals surface area contributed by atoms with Gasteiger partial charge in [0.15, 0.2) is 0 Å². The zero-order chi connectivity index (χ0) is 13.2. The van der Waals surface area contributed by atoms with E-state index in [9.17, 15) is 8.42 Å². The molecule has 1 saturated heterocycles. The number of para-hydroxylation sites is 1. The molecule has 4 nitrogen and oxygen atoms in total. The summed E-state index contributed by atoms with van der Waals surface area (Å²) in [6.07, 6.45) is 2.94. The number of hydrogen-bond donors (Lipinski definition) is 1. The van der Waals surface area contributed by atoms with Crippen molar-refractivity contribution in [2.45, 2.75) is 31.1 Å². The highest BCUT2D eigenvalue weighted by atomic mass is 32.2. The van der Waals surface area contributed by atoms with Crippen molar-refractivity contribution in [3.05, 3.63) is 24.3 Å². The molecule has 2 N–H and O–H groups in total. The summed E-state index contributed by atoms with van der Waals surface area (Å²) in [5, 5.41) is 0. The molecule has 0 aromatic heterocycles. The predicted octanol–water partition coefficient (Wildman–Crippen LogP) is 2.08. The molecule has 1 atom stereocenters. The van der Waals surface area contributed by atoms with Gasteiger partial charge in [0, 0.05) is 13.1 Å². The van der Waals surface area contributed by atoms with Gasteiger partial charge in [0.05, 0.1) is 5.69 Å². The summed E-state index contributed by atoms with van der Waals surface area (Å²) in [5.74, 6) is 0.596. The largest absolute Gasteiger partial charge is 0.398 e. The number of hydrogen-bond acceptors (Lipinski definition) is 3. The standard InChI is InChI=1S/C13H20N2O2S/c1-11-5-4-9-15(10-8-11)18(16,17)13-7-3-2-6-12(13)14/h2-3,6-7,11H,4-5,8-10,14H2,1H3. The van der Waals surface area contributed by atoms with Crippen LogP contribution >= 0.6 is 0 Å². The molecule has 1 heterocycles. The van der Waals surface area contributed by atoms with Gasteiger partial charge in [0.2, 0.25) is 10.0 Å². The van der Waals surface area contributed by atoms with Crippen LogP contribution in [0.5, 0.6) is 0 Å². The lowest BCUT2D eigenvalue weighted by Gasteiger charge is -2.20. The molecule has 1 unspecified atom stereocenters. The molecule has 0 amide bonds. The SMILES string of the molecule is CC1CCCN(S(=O)(=O)c2ccccc2N)CC1. The maximum Gasteiger partial charge on any atom is 0.245 e. The zero-order valence-corrected chi connectivity index (χ0v) is 11.5. The Morgan fingerprint density at radius 2 is 1.94 bits per heavy atom. The van der Waals surface area contributed by atoms with E-state index in [1.165, 1.54) is 0 Å². The third-order valence-electron chi connectivity index (χ3n) is 3.51. The molecule has 2 rings (SSSR count). The van der Waals surface area contributed by atoms with Crippen LogP contribution in [-0.4, -0.2) is 25.8 Å². The number of nitrogens with zero attached hydrogens (tertiary/aromatic N) is 1. The Balaban J connectivity index is 2.28. The maximum atomic E-state index is 12.5. The third kappa shape index (κ3) is 2.67. The topological polar surface area (TPSA) is 63.4 Å².